The largest absolute Gasteiger partial charge is 0.448 e. The van der Waals surface area contributed by atoms with Gasteiger partial charge in [-0.2, -0.15) is 5.10 Å². The van der Waals surface area contributed by atoms with Gasteiger partial charge in [0.05, 0.1) is 10.7 Å². The van der Waals surface area contributed by atoms with E-state index >= 15 is 0 Å². The number of amides is 2. The molecule has 0 fully saturated rings. The molecule has 31 heavy (non-hydrogen) atoms. The molecular formula is C23H17BrIN3O3. The summed E-state index contributed by atoms with van der Waals surface area (Å²) in [4.78, 5) is 25.1. The zero-order valence-corrected chi connectivity index (χ0v) is 19.8. The quantitative estimate of drug-likeness (QED) is 0.132. The standard InChI is InChI=1S/C23H17BrIN3O3/c24-19-14-18(31-21(19)25)15-26-28-23(30)20(13-7-10-16-8-3-1-4-9-16)27-22(29)17-11-5-2-6-12-17/h1-15H,(H,27,29)(H,28,30)/b10-7+,20-13-,26-15-. The zero-order valence-electron chi connectivity index (χ0n) is 16.1. The van der Waals surface area contributed by atoms with Crippen molar-refractivity contribution in [1.29, 1.82) is 0 Å². The first-order chi connectivity index (χ1) is 15.0. The molecule has 0 atom stereocenters. The number of carbonyl (C=O) groups excluding carboxylic acids is 2. The third-order valence-electron chi connectivity index (χ3n) is 3.90. The van der Waals surface area contributed by atoms with Gasteiger partial charge in [0.25, 0.3) is 11.8 Å². The molecule has 2 N–H and O–H groups in total. The number of nitrogens with one attached hydrogen (secondary N) is 2. The first-order valence-electron chi connectivity index (χ1n) is 9.11. The lowest BCUT2D eigenvalue weighted by Crippen LogP contribution is -2.32. The zero-order chi connectivity index (χ0) is 22.1. The number of hydrogen-bond acceptors (Lipinski definition) is 4. The van der Waals surface area contributed by atoms with Gasteiger partial charge >= 0.3 is 0 Å². The second kappa shape index (κ2) is 11.4. The fourth-order valence-corrected chi connectivity index (χ4v) is 3.14. The van der Waals surface area contributed by atoms with Gasteiger partial charge in [-0.05, 0) is 39.7 Å². The van der Waals surface area contributed by atoms with E-state index in [-0.39, 0.29) is 5.70 Å². The van der Waals surface area contributed by atoms with E-state index in [2.05, 4.69) is 31.8 Å². The van der Waals surface area contributed by atoms with Crippen LogP contribution in [-0.4, -0.2) is 18.0 Å². The van der Waals surface area contributed by atoms with E-state index < -0.39 is 11.8 Å². The highest BCUT2D eigenvalue weighted by molar-refractivity contribution is 14.1. The second-order valence-corrected chi connectivity index (χ2v) is 7.97. The fourth-order valence-electron chi connectivity index (χ4n) is 2.42. The Labute approximate surface area is 201 Å². The lowest BCUT2D eigenvalue weighted by Gasteiger charge is -2.08. The number of carbonyl (C=O) groups is 2. The van der Waals surface area contributed by atoms with Crippen molar-refractivity contribution in [2.24, 2.45) is 5.10 Å². The first-order valence-corrected chi connectivity index (χ1v) is 11.0. The first kappa shape index (κ1) is 22.7. The molecule has 0 aliphatic rings. The van der Waals surface area contributed by atoms with Gasteiger partial charge in [-0.1, -0.05) is 60.7 Å². The highest BCUT2D eigenvalue weighted by atomic mass is 127. The van der Waals surface area contributed by atoms with Crippen LogP contribution in [0.4, 0.5) is 0 Å². The Bertz CT molecular complexity index is 1120. The van der Waals surface area contributed by atoms with Crippen LogP contribution in [0.5, 0.6) is 0 Å². The van der Waals surface area contributed by atoms with E-state index in [0.717, 1.165) is 10.0 Å². The topological polar surface area (TPSA) is 83.7 Å². The SMILES string of the molecule is O=C(N/N=C\c1cc(Br)c(I)o1)/C(=C/C=C/c1ccccc1)NC(=O)c1ccccc1. The molecule has 156 valence electrons. The van der Waals surface area contributed by atoms with Crippen molar-refractivity contribution in [1.82, 2.24) is 10.7 Å². The number of allylic oxidation sites excluding steroid dienone is 2. The van der Waals surface area contributed by atoms with Gasteiger partial charge in [0.15, 0.2) is 3.77 Å². The molecule has 0 aliphatic carbocycles. The van der Waals surface area contributed by atoms with Crippen LogP contribution in [0.1, 0.15) is 21.7 Å². The number of hydrazone groups is 1. The van der Waals surface area contributed by atoms with Crippen LogP contribution in [0.15, 0.2) is 98.6 Å². The average molecular weight is 590 g/mol. The Morgan fingerprint density at radius 2 is 1.71 bits per heavy atom. The molecule has 3 rings (SSSR count). The number of benzene rings is 2. The number of nitrogens with zero attached hydrogens (tertiary/aromatic N) is 1. The number of furan rings is 1. The normalized spacial score (nSPS) is 11.7. The minimum Gasteiger partial charge on any atom is -0.448 e. The summed E-state index contributed by atoms with van der Waals surface area (Å²) in [5, 5.41) is 6.54. The van der Waals surface area contributed by atoms with Crippen LogP contribution in [0.25, 0.3) is 6.08 Å². The van der Waals surface area contributed by atoms with Crippen LogP contribution in [0.3, 0.4) is 0 Å². The molecule has 0 saturated carbocycles. The fraction of sp³-hybridized carbons (Fsp3) is 0. The Morgan fingerprint density at radius 1 is 1.03 bits per heavy atom. The third kappa shape index (κ3) is 7.04. The minimum absolute atomic E-state index is 0.0494. The number of hydrogen-bond donors (Lipinski definition) is 2. The van der Waals surface area contributed by atoms with E-state index in [4.69, 9.17) is 4.42 Å². The van der Waals surface area contributed by atoms with Gasteiger partial charge in [0, 0.05) is 34.2 Å². The predicted molar refractivity (Wildman–Crippen MR) is 132 cm³/mol. The van der Waals surface area contributed by atoms with Gasteiger partial charge in [-0.25, -0.2) is 5.43 Å². The molecule has 0 aliphatic heterocycles. The van der Waals surface area contributed by atoms with Crippen molar-refractivity contribution in [3.63, 3.8) is 0 Å². The molecule has 0 unspecified atom stereocenters. The minimum atomic E-state index is -0.571. The van der Waals surface area contributed by atoms with E-state index in [1.165, 1.54) is 12.3 Å². The summed E-state index contributed by atoms with van der Waals surface area (Å²) >= 11 is 5.38. The van der Waals surface area contributed by atoms with Gasteiger partial charge in [0.1, 0.15) is 11.5 Å². The van der Waals surface area contributed by atoms with Crippen LogP contribution in [-0.2, 0) is 4.79 Å². The van der Waals surface area contributed by atoms with Gasteiger partial charge in [0.2, 0.25) is 0 Å². The van der Waals surface area contributed by atoms with Crippen LogP contribution in [0.2, 0.25) is 0 Å². The molecule has 0 bridgehead atoms. The maximum absolute atomic E-state index is 12.6. The summed E-state index contributed by atoms with van der Waals surface area (Å²) in [6.45, 7) is 0. The molecule has 2 aromatic carbocycles. The van der Waals surface area contributed by atoms with E-state index in [1.54, 1.807) is 36.4 Å². The van der Waals surface area contributed by atoms with Gasteiger partial charge in [-0.15, -0.1) is 0 Å². The van der Waals surface area contributed by atoms with E-state index in [9.17, 15) is 9.59 Å². The maximum atomic E-state index is 12.6. The summed E-state index contributed by atoms with van der Waals surface area (Å²) in [5.41, 5.74) is 3.85. The van der Waals surface area contributed by atoms with Crippen LogP contribution < -0.4 is 10.7 Å². The molecule has 1 aromatic heterocycles. The highest BCUT2D eigenvalue weighted by Crippen LogP contribution is 2.21. The molecule has 3 aromatic rings. The molecule has 0 spiro atoms. The lowest BCUT2D eigenvalue weighted by atomic mass is 10.2. The molecule has 6 nitrogen and oxygen atoms in total. The monoisotopic (exact) mass is 589 g/mol. The van der Waals surface area contributed by atoms with Crippen LogP contribution in [0, 0.1) is 3.77 Å². The summed E-state index contributed by atoms with van der Waals surface area (Å²) in [6, 6.07) is 20.0. The Balaban J connectivity index is 1.74. The van der Waals surface area contributed by atoms with Gasteiger partial charge in [-0.3, -0.25) is 9.59 Å². The Kier molecular flexibility index (Phi) is 8.36. The van der Waals surface area contributed by atoms with E-state index in [0.29, 0.717) is 15.1 Å². The summed E-state index contributed by atoms with van der Waals surface area (Å²) in [7, 11) is 0. The molecule has 1 heterocycles. The molecule has 8 heteroatoms. The van der Waals surface area contributed by atoms with Crippen LogP contribution >= 0.6 is 38.5 Å². The van der Waals surface area contributed by atoms with Crippen molar-refractivity contribution >= 4 is 62.6 Å². The predicted octanol–water partition coefficient (Wildman–Crippen LogP) is 5.12. The van der Waals surface area contributed by atoms with Crippen molar-refractivity contribution in [3.8, 4) is 0 Å². The van der Waals surface area contributed by atoms with Gasteiger partial charge < -0.3 is 9.73 Å². The summed E-state index contributed by atoms with van der Waals surface area (Å²) < 4.78 is 6.90. The molecule has 0 radical (unpaired) electrons. The van der Waals surface area contributed by atoms with Crippen molar-refractivity contribution in [2.45, 2.75) is 0 Å². The maximum Gasteiger partial charge on any atom is 0.287 e. The number of rotatable bonds is 7. The molecule has 2 amide bonds. The third-order valence-corrected chi connectivity index (χ3v) is 6.03. The van der Waals surface area contributed by atoms with Crippen molar-refractivity contribution in [3.05, 3.63) is 110 Å². The second-order valence-electron chi connectivity index (χ2n) is 6.14. The summed E-state index contributed by atoms with van der Waals surface area (Å²) in [6.07, 6.45) is 6.41. The summed E-state index contributed by atoms with van der Waals surface area (Å²) in [5.74, 6) is -0.499. The smallest absolute Gasteiger partial charge is 0.287 e. The van der Waals surface area contributed by atoms with Crippen molar-refractivity contribution in [2.75, 3.05) is 0 Å². The Hall–Kier alpha value is -2.98. The van der Waals surface area contributed by atoms with E-state index in [1.807, 2.05) is 65.1 Å². The highest BCUT2D eigenvalue weighted by Gasteiger charge is 2.13. The lowest BCUT2D eigenvalue weighted by molar-refractivity contribution is -0.117. The molecule has 0 saturated heterocycles. The Morgan fingerprint density at radius 3 is 2.35 bits per heavy atom. The number of halogens is 2. The molecular weight excluding hydrogens is 573 g/mol. The average Bonchev–Trinajstić information content (AvgIpc) is 3.11. The van der Waals surface area contributed by atoms with Crippen molar-refractivity contribution < 1.29 is 14.0 Å².